The molecule has 2 heteroatoms. The Morgan fingerprint density at radius 2 is 1.81 bits per heavy atom. The smallest absolute Gasteiger partial charge is 0.0722 e. The molecule has 2 nitrogen and oxygen atoms in total. The average molecular weight is 221 g/mol. The summed E-state index contributed by atoms with van der Waals surface area (Å²) in [7, 11) is 0. The van der Waals surface area contributed by atoms with Gasteiger partial charge in [-0.05, 0) is 26.0 Å². The Morgan fingerprint density at radius 1 is 1.19 bits per heavy atom. The van der Waals surface area contributed by atoms with Gasteiger partial charge in [-0.15, -0.1) is 0 Å². The zero-order valence-corrected chi connectivity index (χ0v) is 10.9. The van der Waals surface area contributed by atoms with Crippen molar-refractivity contribution in [2.24, 2.45) is 0 Å². The summed E-state index contributed by atoms with van der Waals surface area (Å²) in [5.41, 5.74) is 2.63. The lowest BCUT2D eigenvalue weighted by Crippen LogP contribution is -2.41. The number of hydrogen-bond donors (Lipinski definition) is 0. The standard InChI is InChI=1S/C12H17NO.C2H6/c1-10-3-5-12(6-4-10)13-7-8-14-11(2)9-13;1-2/h3-6,11H,7-9H2,1-2H3;1-2H3/t11-;/m1./s1. The maximum atomic E-state index is 5.51. The van der Waals surface area contributed by atoms with Crippen LogP contribution in [0.5, 0.6) is 0 Å². The van der Waals surface area contributed by atoms with E-state index in [1.54, 1.807) is 0 Å². The molecule has 90 valence electrons. The van der Waals surface area contributed by atoms with E-state index in [0.717, 1.165) is 19.7 Å². The van der Waals surface area contributed by atoms with Crippen molar-refractivity contribution < 1.29 is 4.74 Å². The molecular weight excluding hydrogens is 198 g/mol. The molecule has 1 atom stereocenters. The van der Waals surface area contributed by atoms with Crippen molar-refractivity contribution >= 4 is 5.69 Å². The quantitative estimate of drug-likeness (QED) is 0.722. The van der Waals surface area contributed by atoms with E-state index >= 15 is 0 Å². The Bertz CT molecular complexity index is 294. The van der Waals surface area contributed by atoms with Crippen LogP contribution in [-0.4, -0.2) is 25.8 Å². The van der Waals surface area contributed by atoms with Crippen LogP contribution in [0.1, 0.15) is 26.3 Å². The molecule has 0 aliphatic carbocycles. The maximum absolute atomic E-state index is 5.51. The van der Waals surface area contributed by atoms with Crippen LogP contribution >= 0.6 is 0 Å². The second-order valence-electron chi connectivity index (χ2n) is 3.96. The summed E-state index contributed by atoms with van der Waals surface area (Å²) in [6, 6.07) is 8.70. The largest absolute Gasteiger partial charge is 0.375 e. The molecule has 0 spiro atoms. The summed E-state index contributed by atoms with van der Waals surface area (Å²) in [4.78, 5) is 2.38. The lowest BCUT2D eigenvalue weighted by molar-refractivity contribution is 0.0532. The first-order chi connectivity index (χ1) is 7.75. The Labute approximate surface area is 99.2 Å². The van der Waals surface area contributed by atoms with Crippen LogP contribution in [0.2, 0.25) is 0 Å². The van der Waals surface area contributed by atoms with Crippen LogP contribution in [0, 0.1) is 6.92 Å². The molecule has 1 fully saturated rings. The summed E-state index contributed by atoms with van der Waals surface area (Å²) < 4.78 is 5.51. The molecule has 1 aliphatic rings. The van der Waals surface area contributed by atoms with Crippen molar-refractivity contribution in [1.29, 1.82) is 0 Å². The van der Waals surface area contributed by atoms with E-state index in [4.69, 9.17) is 4.74 Å². The molecule has 0 N–H and O–H groups in total. The van der Waals surface area contributed by atoms with Gasteiger partial charge in [0, 0.05) is 18.8 Å². The van der Waals surface area contributed by atoms with Crippen LogP contribution in [0.3, 0.4) is 0 Å². The second kappa shape index (κ2) is 6.54. The van der Waals surface area contributed by atoms with Gasteiger partial charge in [0.25, 0.3) is 0 Å². The van der Waals surface area contributed by atoms with E-state index in [-0.39, 0.29) is 0 Å². The number of hydrogen-bond acceptors (Lipinski definition) is 2. The minimum absolute atomic E-state index is 0.352. The molecule has 1 aliphatic heterocycles. The van der Waals surface area contributed by atoms with Crippen LogP contribution in [0.15, 0.2) is 24.3 Å². The number of morpholine rings is 1. The Kier molecular flexibility index (Phi) is 5.33. The monoisotopic (exact) mass is 221 g/mol. The molecule has 0 amide bonds. The minimum Gasteiger partial charge on any atom is -0.375 e. The average Bonchev–Trinajstić information content (AvgIpc) is 2.32. The highest BCUT2D eigenvalue weighted by atomic mass is 16.5. The third-order valence-electron chi connectivity index (χ3n) is 2.64. The first-order valence-electron chi connectivity index (χ1n) is 6.19. The molecule has 0 unspecified atom stereocenters. The summed E-state index contributed by atoms with van der Waals surface area (Å²) in [5, 5.41) is 0. The molecule has 0 aromatic heterocycles. The molecule has 0 saturated carbocycles. The second-order valence-corrected chi connectivity index (χ2v) is 3.96. The van der Waals surface area contributed by atoms with E-state index in [9.17, 15) is 0 Å². The molecule has 0 radical (unpaired) electrons. The highest BCUT2D eigenvalue weighted by Crippen LogP contribution is 2.17. The minimum atomic E-state index is 0.352. The number of aryl methyl sites for hydroxylation is 1. The van der Waals surface area contributed by atoms with Crippen molar-refractivity contribution in [2.45, 2.75) is 33.8 Å². The highest BCUT2D eigenvalue weighted by Gasteiger charge is 2.16. The van der Waals surface area contributed by atoms with Crippen LogP contribution in [0.4, 0.5) is 5.69 Å². The van der Waals surface area contributed by atoms with Crippen molar-refractivity contribution in [3.63, 3.8) is 0 Å². The molecule has 1 heterocycles. The fraction of sp³-hybridized carbons (Fsp3) is 0.571. The first-order valence-corrected chi connectivity index (χ1v) is 6.19. The van der Waals surface area contributed by atoms with Crippen LogP contribution < -0.4 is 4.90 Å². The molecule has 1 saturated heterocycles. The Morgan fingerprint density at radius 3 is 2.38 bits per heavy atom. The van der Waals surface area contributed by atoms with E-state index in [1.165, 1.54) is 11.3 Å². The van der Waals surface area contributed by atoms with Gasteiger partial charge in [-0.25, -0.2) is 0 Å². The van der Waals surface area contributed by atoms with Crippen molar-refractivity contribution in [3.8, 4) is 0 Å². The van der Waals surface area contributed by atoms with E-state index in [0.29, 0.717) is 6.10 Å². The number of ether oxygens (including phenoxy) is 1. The molecule has 1 aromatic carbocycles. The van der Waals surface area contributed by atoms with Crippen molar-refractivity contribution in [3.05, 3.63) is 29.8 Å². The predicted octanol–water partition coefficient (Wildman–Crippen LogP) is 3.25. The topological polar surface area (TPSA) is 12.5 Å². The number of nitrogens with zero attached hydrogens (tertiary/aromatic N) is 1. The number of benzene rings is 1. The Balaban J connectivity index is 0.000000606. The van der Waals surface area contributed by atoms with Gasteiger partial charge in [0.05, 0.1) is 12.7 Å². The third kappa shape index (κ3) is 3.53. The van der Waals surface area contributed by atoms with Gasteiger partial charge in [-0.1, -0.05) is 31.5 Å². The number of rotatable bonds is 1. The normalized spacial score (nSPS) is 20.0. The van der Waals surface area contributed by atoms with Gasteiger partial charge in [0.15, 0.2) is 0 Å². The van der Waals surface area contributed by atoms with Gasteiger partial charge >= 0.3 is 0 Å². The SMILES string of the molecule is CC.Cc1ccc(N2CCO[C@H](C)C2)cc1. The Hall–Kier alpha value is -1.02. The molecule has 16 heavy (non-hydrogen) atoms. The molecule has 1 aromatic rings. The zero-order chi connectivity index (χ0) is 12.0. The zero-order valence-electron chi connectivity index (χ0n) is 10.9. The lowest BCUT2D eigenvalue weighted by atomic mass is 10.2. The van der Waals surface area contributed by atoms with E-state index in [2.05, 4.69) is 43.0 Å². The lowest BCUT2D eigenvalue weighted by Gasteiger charge is -2.32. The third-order valence-corrected chi connectivity index (χ3v) is 2.64. The summed E-state index contributed by atoms with van der Waals surface area (Å²) in [6.07, 6.45) is 0.352. The van der Waals surface area contributed by atoms with Gasteiger partial charge in [0.1, 0.15) is 0 Å². The van der Waals surface area contributed by atoms with Crippen LogP contribution in [-0.2, 0) is 4.74 Å². The van der Waals surface area contributed by atoms with Crippen molar-refractivity contribution in [1.82, 2.24) is 0 Å². The van der Waals surface area contributed by atoms with E-state index in [1.807, 2.05) is 13.8 Å². The van der Waals surface area contributed by atoms with Crippen molar-refractivity contribution in [2.75, 3.05) is 24.6 Å². The van der Waals surface area contributed by atoms with Gasteiger partial charge < -0.3 is 9.64 Å². The van der Waals surface area contributed by atoms with E-state index < -0.39 is 0 Å². The molecule has 2 rings (SSSR count). The molecular formula is C14H23NO. The van der Waals surface area contributed by atoms with Gasteiger partial charge in [-0.3, -0.25) is 0 Å². The predicted molar refractivity (Wildman–Crippen MR) is 70.2 cm³/mol. The summed E-state index contributed by atoms with van der Waals surface area (Å²) in [6.45, 7) is 11.1. The fourth-order valence-electron chi connectivity index (χ4n) is 1.81. The summed E-state index contributed by atoms with van der Waals surface area (Å²) in [5.74, 6) is 0. The highest BCUT2D eigenvalue weighted by molar-refractivity contribution is 5.47. The van der Waals surface area contributed by atoms with Gasteiger partial charge in [0.2, 0.25) is 0 Å². The van der Waals surface area contributed by atoms with Crippen LogP contribution in [0.25, 0.3) is 0 Å². The fourth-order valence-corrected chi connectivity index (χ4v) is 1.81. The molecule has 0 bridgehead atoms. The van der Waals surface area contributed by atoms with Gasteiger partial charge in [-0.2, -0.15) is 0 Å². The maximum Gasteiger partial charge on any atom is 0.0722 e. The number of anilines is 1. The summed E-state index contributed by atoms with van der Waals surface area (Å²) >= 11 is 0. The first kappa shape index (κ1) is 13.0.